The van der Waals surface area contributed by atoms with Gasteiger partial charge in [0.05, 0.1) is 35.0 Å². The van der Waals surface area contributed by atoms with Crippen molar-refractivity contribution in [3.63, 3.8) is 0 Å². The van der Waals surface area contributed by atoms with Gasteiger partial charge in [0.25, 0.3) is 0 Å². The lowest BCUT2D eigenvalue weighted by Crippen LogP contribution is -2.51. The summed E-state index contributed by atoms with van der Waals surface area (Å²) in [4.78, 5) is 59.6. The molecule has 2 heterocycles. The zero-order chi connectivity index (χ0) is 30.3. The third kappa shape index (κ3) is 3.66. The van der Waals surface area contributed by atoms with Crippen LogP contribution in [-0.2, 0) is 32.0 Å². The second-order valence-corrected chi connectivity index (χ2v) is 12.8. The molecule has 220 valence electrons. The minimum Gasteiger partial charge on any atom is -0.274 e. The molecule has 2 aliphatic heterocycles. The number of nitrogens with zero attached hydrogens (tertiary/aromatic N) is 2. The van der Waals surface area contributed by atoms with Crippen LogP contribution in [0, 0.1) is 41.4 Å². The van der Waals surface area contributed by atoms with Gasteiger partial charge in [-0.05, 0) is 71.7 Å². The zero-order valence-electron chi connectivity index (χ0n) is 24.9. The smallest absolute Gasteiger partial charge is 0.238 e. The molecule has 0 aromatic heterocycles. The molecule has 3 aromatic carbocycles. The van der Waals surface area contributed by atoms with E-state index in [0.29, 0.717) is 17.8 Å². The number of imide groups is 2. The lowest BCUT2D eigenvalue weighted by molar-refractivity contribution is -0.129. The Morgan fingerprint density at radius 2 is 1.14 bits per heavy atom. The van der Waals surface area contributed by atoms with Crippen molar-refractivity contribution in [3.8, 4) is 0 Å². The summed E-state index contributed by atoms with van der Waals surface area (Å²) in [5.41, 5.74) is 6.60. The van der Waals surface area contributed by atoms with Gasteiger partial charge in [-0.1, -0.05) is 86.2 Å². The first kappa shape index (κ1) is 27.0. The molecule has 7 atom stereocenters. The number of benzene rings is 3. The Balaban J connectivity index is 1.25. The molecule has 44 heavy (non-hydrogen) atoms. The number of carbonyl (C=O) groups excluding carboxylic acids is 4. The number of rotatable bonds is 5. The monoisotopic (exact) mass is 582 g/mol. The van der Waals surface area contributed by atoms with Crippen LogP contribution in [0.3, 0.4) is 0 Å². The average Bonchev–Trinajstić information content (AvgIpc) is 3.50. The summed E-state index contributed by atoms with van der Waals surface area (Å²) >= 11 is 0. The summed E-state index contributed by atoms with van der Waals surface area (Å²) in [6.45, 7) is 4.14. The predicted octanol–water partition coefficient (Wildman–Crippen LogP) is 6.01. The highest BCUT2D eigenvalue weighted by atomic mass is 16.2. The maximum atomic E-state index is 14.4. The molecule has 2 saturated heterocycles. The lowest BCUT2D eigenvalue weighted by atomic mass is 9.49. The maximum absolute atomic E-state index is 14.4. The summed E-state index contributed by atoms with van der Waals surface area (Å²) in [6, 6.07) is 25.4. The molecule has 3 aromatic rings. The third-order valence-electron chi connectivity index (χ3n) is 10.8. The Labute approximate surface area is 257 Å². The van der Waals surface area contributed by atoms with Gasteiger partial charge in [0.2, 0.25) is 23.6 Å². The van der Waals surface area contributed by atoms with Crippen molar-refractivity contribution >= 4 is 40.6 Å². The second-order valence-electron chi connectivity index (χ2n) is 12.8. The van der Waals surface area contributed by atoms with Gasteiger partial charge >= 0.3 is 0 Å². The molecule has 4 aliphatic carbocycles. The SMILES string of the molecule is CCc1ccc(N2C(=O)[C@H]3[C@@H]4C=C[C@H](C5=C(c6ccccc6)C[C@@H]6C(=O)N(c7ccc(CC)cc7)C(=O)[C@H]6[C@H]54)[C@H]3C2=O)cc1. The van der Waals surface area contributed by atoms with Crippen molar-refractivity contribution in [2.45, 2.75) is 33.1 Å². The van der Waals surface area contributed by atoms with Crippen LogP contribution in [0.4, 0.5) is 11.4 Å². The minimum absolute atomic E-state index is 0.171. The summed E-state index contributed by atoms with van der Waals surface area (Å²) in [7, 11) is 0. The first-order chi connectivity index (χ1) is 21.4. The van der Waals surface area contributed by atoms with Crippen LogP contribution >= 0.6 is 0 Å². The lowest BCUT2D eigenvalue weighted by Gasteiger charge is -2.51. The number of fused-ring (bicyclic) bond motifs is 1. The van der Waals surface area contributed by atoms with Crippen LogP contribution in [0.1, 0.15) is 37.0 Å². The van der Waals surface area contributed by atoms with E-state index < -0.39 is 23.7 Å². The zero-order valence-corrected chi connectivity index (χ0v) is 24.9. The quantitative estimate of drug-likeness (QED) is 0.273. The molecule has 2 bridgehead atoms. The van der Waals surface area contributed by atoms with E-state index in [4.69, 9.17) is 0 Å². The van der Waals surface area contributed by atoms with Crippen molar-refractivity contribution in [2.75, 3.05) is 9.80 Å². The Hall–Kier alpha value is -4.58. The largest absolute Gasteiger partial charge is 0.274 e. The Bertz CT molecular complexity index is 1770. The van der Waals surface area contributed by atoms with Crippen LogP contribution in [-0.4, -0.2) is 23.6 Å². The number of hydrogen-bond acceptors (Lipinski definition) is 4. The fraction of sp³-hybridized carbons (Fsp3) is 0.316. The van der Waals surface area contributed by atoms with E-state index in [1.165, 1.54) is 9.80 Å². The number of amides is 4. The fourth-order valence-corrected chi connectivity index (χ4v) is 8.79. The molecule has 0 radical (unpaired) electrons. The molecular weight excluding hydrogens is 548 g/mol. The number of allylic oxidation sites excluding steroid dienone is 4. The molecule has 6 nitrogen and oxygen atoms in total. The Morgan fingerprint density at radius 3 is 1.73 bits per heavy atom. The van der Waals surface area contributed by atoms with Crippen LogP contribution in [0.25, 0.3) is 5.57 Å². The molecule has 0 N–H and O–H groups in total. The van der Waals surface area contributed by atoms with Crippen LogP contribution in [0.2, 0.25) is 0 Å². The second kappa shape index (κ2) is 9.98. The topological polar surface area (TPSA) is 74.8 Å². The highest BCUT2D eigenvalue weighted by Gasteiger charge is 2.67. The summed E-state index contributed by atoms with van der Waals surface area (Å²) < 4.78 is 0. The molecular formula is C38H34N2O4. The van der Waals surface area contributed by atoms with E-state index in [1.807, 2.05) is 66.7 Å². The first-order valence-corrected chi connectivity index (χ1v) is 15.8. The molecule has 0 unspecified atom stereocenters. The highest BCUT2D eigenvalue weighted by molar-refractivity contribution is 6.24. The van der Waals surface area contributed by atoms with Crippen LogP contribution in [0.15, 0.2) is 96.6 Å². The van der Waals surface area contributed by atoms with Crippen molar-refractivity contribution in [2.24, 2.45) is 41.4 Å². The number of aryl methyl sites for hydroxylation is 2. The highest BCUT2D eigenvalue weighted by Crippen LogP contribution is 2.63. The van der Waals surface area contributed by atoms with E-state index in [9.17, 15) is 19.2 Å². The van der Waals surface area contributed by atoms with Gasteiger partial charge in [-0.2, -0.15) is 0 Å². The Morgan fingerprint density at radius 1 is 0.591 bits per heavy atom. The van der Waals surface area contributed by atoms with Gasteiger partial charge in [0.15, 0.2) is 0 Å². The number of anilines is 2. The Kier molecular flexibility index (Phi) is 6.12. The van der Waals surface area contributed by atoms with Gasteiger partial charge in [0.1, 0.15) is 0 Å². The van der Waals surface area contributed by atoms with Gasteiger partial charge in [-0.3, -0.25) is 29.0 Å². The van der Waals surface area contributed by atoms with Gasteiger partial charge in [0, 0.05) is 11.8 Å². The van der Waals surface area contributed by atoms with E-state index in [-0.39, 0.29) is 41.4 Å². The van der Waals surface area contributed by atoms with Crippen LogP contribution in [0.5, 0.6) is 0 Å². The minimum atomic E-state index is -0.574. The maximum Gasteiger partial charge on any atom is 0.238 e. The number of hydrogen-bond donors (Lipinski definition) is 0. The van der Waals surface area contributed by atoms with E-state index in [2.05, 4.69) is 38.1 Å². The predicted molar refractivity (Wildman–Crippen MR) is 168 cm³/mol. The third-order valence-corrected chi connectivity index (χ3v) is 10.8. The fourth-order valence-electron chi connectivity index (χ4n) is 8.79. The van der Waals surface area contributed by atoms with Crippen molar-refractivity contribution < 1.29 is 19.2 Å². The molecule has 1 saturated carbocycles. The van der Waals surface area contributed by atoms with E-state index in [1.54, 1.807) is 0 Å². The summed E-state index contributed by atoms with van der Waals surface area (Å²) in [6.07, 6.45) is 6.34. The first-order valence-electron chi connectivity index (χ1n) is 15.8. The van der Waals surface area contributed by atoms with Gasteiger partial charge < -0.3 is 0 Å². The van der Waals surface area contributed by atoms with Crippen LogP contribution < -0.4 is 9.80 Å². The molecule has 0 spiro atoms. The van der Waals surface area contributed by atoms with Gasteiger partial charge in [-0.25, -0.2) is 0 Å². The van der Waals surface area contributed by atoms with Crippen molar-refractivity contribution in [1.82, 2.24) is 0 Å². The van der Waals surface area contributed by atoms with E-state index >= 15 is 0 Å². The van der Waals surface area contributed by atoms with E-state index in [0.717, 1.165) is 40.7 Å². The normalized spacial score (nSPS) is 30.3. The standard InChI is InChI=1S/C38H34N2O4/c1-3-21-10-14-24(15-11-21)39-35(41)29-20-28(23-8-6-5-7-9-23)30-26-18-19-27(31(30)34(29)38(39)44)33-32(26)36(42)40(37(33)43)25-16-12-22(4-2)13-17-25/h5-19,26-27,29,31-34H,3-4,20H2,1-2H3/t26-,27-,29+,31+,32-,33+,34-/m1/s1. The molecule has 6 heteroatoms. The summed E-state index contributed by atoms with van der Waals surface area (Å²) in [5.74, 6) is -3.89. The van der Waals surface area contributed by atoms with Crippen molar-refractivity contribution in [3.05, 3.63) is 113 Å². The van der Waals surface area contributed by atoms with Crippen molar-refractivity contribution in [1.29, 1.82) is 0 Å². The summed E-state index contributed by atoms with van der Waals surface area (Å²) in [5, 5.41) is 0. The molecule has 4 amide bonds. The number of carbonyl (C=O) groups is 4. The molecule has 6 aliphatic rings. The van der Waals surface area contributed by atoms with Gasteiger partial charge in [-0.15, -0.1) is 0 Å². The molecule has 3 fully saturated rings. The average molecular weight is 583 g/mol. The molecule has 9 rings (SSSR count).